The van der Waals surface area contributed by atoms with Gasteiger partial charge in [0.15, 0.2) is 0 Å². The van der Waals surface area contributed by atoms with Gasteiger partial charge in [-0.15, -0.1) is 0 Å². The van der Waals surface area contributed by atoms with Gasteiger partial charge in [-0.3, -0.25) is 14.6 Å². The fourth-order valence-electron chi connectivity index (χ4n) is 3.90. The van der Waals surface area contributed by atoms with Crippen LogP contribution in [0.15, 0.2) is 73.1 Å². The van der Waals surface area contributed by atoms with Crippen LogP contribution in [0.25, 0.3) is 11.1 Å². The lowest BCUT2D eigenvalue weighted by Crippen LogP contribution is -2.58. The largest absolute Gasteiger partial charge is 0.353 e. The number of aromatic nitrogens is 1. The number of hydrogen-bond donors (Lipinski definition) is 1. The Morgan fingerprint density at radius 2 is 1.87 bits per heavy atom. The third-order valence-corrected chi connectivity index (χ3v) is 5.79. The number of piperazine rings is 1. The van der Waals surface area contributed by atoms with Crippen molar-refractivity contribution in [1.29, 1.82) is 0 Å². The third kappa shape index (κ3) is 5.30. The van der Waals surface area contributed by atoms with Crippen LogP contribution in [-0.2, 0) is 22.4 Å². The standard InChI is InChI=1S/C25H24ClN3O2/c26-22-9-6-18(7-10-22)8-11-24(30)29-14-13-28-25(31)23(29)16-19-3-1-4-20(15-19)21-5-2-12-27-17-21/h1-7,9-10,12,15,17,23H,8,11,13-14,16H2,(H,28,31). The second-order valence-corrected chi connectivity index (χ2v) is 8.10. The minimum absolute atomic E-state index is 0.00165. The monoisotopic (exact) mass is 433 g/mol. The number of nitrogens with one attached hydrogen (secondary N) is 1. The number of amides is 2. The smallest absolute Gasteiger partial charge is 0.243 e. The van der Waals surface area contributed by atoms with Gasteiger partial charge in [0.25, 0.3) is 0 Å². The summed E-state index contributed by atoms with van der Waals surface area (Å²) < 4.78 is 0. The van der Waals surface area contributed by atoms with Crippen LogP contribution in [0.1, 0.15) is 17.5 Å². The van der Waals surface area contributed by atoms with Gasteiger partial charge in [-0.25, -0.2) is 0 Å². The van der Waals surface area contributed by atoms with Crippen LogP contribution in [0.4, 0.5) is 0 Å². The highest BCUT2D eigenvalue weighted by Gasteiger charge is 2.32. The number of carbonyl (C=O) groups is 2. The summed E-state index contributed by atoms with van der Waals surface area (Å²) in [6.45, 7) is 1.01. The average Bonchev–Trinajstić information content (AvgIpc) is 2.80. The van der Waals surface area contributed by atoms with Crippen LogP contribution < -0.4 is 5.32 Å². The van der Waals surface area contributed by atoms with E-state index in [1.807, 2.05) is 60.8 Å². The maximum Gasteiger partial charge on any atom is 0.243 e. The molecule has 1 N–H and O–H groups in total. The molecule has 2 amide bonds. The minimum Gasteiger partial charge on any atom is -0.353 e. The molecule has 0 saturated carbocycles. The zero-order valence-corrected chi connectivity index (χ0v) is 17.9. The molecule has 4 rings (SSSR count). The molecule has 31 heavy (non-hydrogen) atoms. The molecule has 0 aliphatic carbocycles. The molecule has 1 atom stereocenters. The second-order valence-electron chi connectivity index (χ2n) is 7.67. The first kappa shape index (κ1) is 21.1. The van der Waals surface area contributed by atoms with E-state index in [1.54, 1.807) is 11.1 Å². The average molecular weight is 434 g/mol. The van der Waals surface area contributed by atoms with Crippen molar-refractivity contribution < 1.29 is 9.59 Å². The first-order valence-corrected chi connectivity index (χ1v) is 10.8. The third-order valence-electron chi connectivity index (χ3n) is 5.54. The molecule has 1 saturated heterocycles. The van der Waals surface area contributed by atoms with Crippen molar-refractivity contribution in [2.24, 2.45) is 0 Å². The lowest BCUT2D eigenvalue weighted by Gasteiger charge is -2.35. The van der Waals surface area contributed by atoms with Crippen molar-refractivity contribution in [2.75, 3.05) is 13.1 Å². The fourth-order valence-corrected chi connectivity index (χ4v) is 4.02. The van der Waals surface area contributed by atoms with Gasteiger partial charge in [0, 0.05) is 43.3 Å². The number of rotatable bonds is 6. The van der Waals surface area contributed by atoms with Crippen LogP contribution in [0.3, 0.4) is 0 Å². The number of halogens is 1. The summed E-state index contributed by atoms with van der Waals surface area (Å²) in [6, 6.07) is 19.0. The summed E-state index contributed by atoms with van der Waals surface area (Å²) >= 11 is 5.94. The molecule has 1 aromatic heterocycles. The Kier molecular flexibility index (Phi) is 6.63. The zero-order chi connectivity index (χ0) is 21.6. The van der Waals surface area contributed by atoms with Crippen molar-refractivity contribution >= 4 is 23.4 Å². The number of benzene rings is 2. The molecule has 158 valence electrons. The van der Waals surface area contributed by atoms with E-state index in [4.69, 9.17) is 11.6 Å². The van der Waals surface area contributed by atoms with Crippen LogP contribution in [0.2, 0.25) is 5.02 Å². The summed E-state index contributed by atoms with van der Waals surface area (Å²) in [6.07, 6.45) is 5.03. The molecule has 3 aromatic rings. The Labute approximate surface area is 187 Å². The predicted molar refractivity (Wildman–Crippen MR) is 122 cm³/mol. The van der Waals surface area contributed by atoms with Gasteiger partial charge in [0.2, 0.25) is 11.8 Å². The Balaban J connectivity index is 1.47. The summed E-state index contributed by atoms with van der Waals surface area (Å²) in [4.78, 5) is 31.5. The van der Waals surface area contributed by atoms with Crippen LogP contribution in [-0.4, -0.2) is 40.8 Å². The molecule has 2 heterocycles. The van der Waals surface area contributed by atoms with E-state index in [0.29, 0.717) is 37.4 Å². The van der Waals surface area contributed by atoms with Crippen molar-refractivity contribution in [3.05, 3.63) is 89.2 Å². The van der Waals surface area contributed by atoms with Gasteiger partial charge >= 0.3 is 0 Å². The fraction of sp³-hybridized carbons (Fsp3) is 0.240. The molecule has 6 heteroatoms. The molecule has 0 spiro atoms. The quantitative estimate of drug-likeness (QED) is 0.641. The van der Waals surface area contributed by atoms with Crippen LogP contribution in [0, 0.1) is 0 Å². The summed E-state index contributed by atoms with van der Waals surface area (Å²) in [5, 5.41) is 3.58. The van der Waals surface area contributed by atoms with E-state index in [-0.39, 0.29) is 11.8 Å². The second kappa shape index (κ2) is 9.75. The molecule has 1 unspecified atom stereocenters. The van der Waals surface area contributed by atoms with Gasteiger partial charge in [0.05, 0.1) is 0 Å². The Morgan fingerprint density at radius 1 is 1.06 bits per heavy atom. The predicted octanol–water partition coefficient (Wildman–Crippen LogP) is 3.90. The van der Waals surface area contributed by atoms with E-state index in [0.717, 1.165) is 22.3 Å². The normalized spacial score (nSPS) is 16.1. The minimum atomic E-state index is -0.504. The highest BCUT2D eigenvalue weighted by molar-refractivity contribution is 6.30. The topological polar surface area (TPSA) is 62.3 Å². The van der Waals surface area contributed by atoms with Gasteiger partial charge in [-0.2, -0.15) is 0 Å². The maximum atomic E-state index is 13.0. The van der Waals surface area contributed by atoms with Crippen molar-refractivity contribution in [2.45, 2.75) is 25.3 Å². The summed E-state index contributed by atoms with van der Waals surface area (Å²) in [7, 11) is 0. The number of aryl methyl sites for hydroxylation is 1. The molecule has 0 radical (unpaired) electrons. The van der Waals surface area contributed by atoms with Gasteiger partial charge in [-0.1, -0.05) is 54.1 Å². The highest BCUT2D eigenvalue weighted by Crippen LogP contribution is 2.22. The molecule has 5 nitrogen and oxygen atoms in total. The van der Waals surface area contributed by atoms with E-state index >= 15 is 0 Å². The van der Waals surface area contributed by atoms with Crippen LogP contribution in [0.5, 0.6) is 0 Å². The molecule has 2 aromatic carbocycles. The number of pyridine rings is 1. The highest BCUT2D eigenvalue weighted by atomic mass is 35.5. The first-order valence-electron chi connectivity index (χ1n) is 10.4. The molecular formula is C25H24ClN3O2. The van der Waals surface area contributed by atoms with Crippen molar-refractivity contribution in [3.8, 4) is 11.1 Å². The maximum absolute atomic E-state index is 13.0. The summed E-state index contributed by atoms with van der Waals surface area (Å²) in [5.41, 5.74) is 4.13. The lowest BCUT2D eigenvalue weighted by atomic mass is 9.98. The lowest BCUT2D eigenvalue weighted by molar-refractivity contribution is -0.143. The number of nitrogens with zero attached hydrogens (tertiary/aromatic N) is 2. The van der Waals surface area contributed by atoms with E-state index in [9.17, 15) is 9.59 Å². The van der Waals surface area contributed by atoms with Gasteiger partial charge < -0.3 is 10.2 Å². The van der Waals surface area contributed by atoms with Crippen molar-refractivity contribution in [1.82, 2.24) is 15.2 Å². The Bertz CT molecular complexity index is 1050. The molecule has 1 fully saturated rings. The van der Waals surface area contributed by atoms with Crippen molar-refractivity contribution in [3.63, 3.8) is 0 Å². The van der Waals surface area contributed by atoms with Gasteiger partial charge in [-0.05, 0) is 46.9 Å². The van der Waals surface area contributed by atoms with Gasteiger partial charge in [0.1, 0.15) is 6.04 Å². The molecule has 1 aliphatic heterocycles. The molecular weight excluding hydrogens is 410 g/mol. The Hall–Kier alpha value is -3.18. The number of hydrogen-bond acceptors (Lipinski definition) is 3. The summed E-state index contributed by atoms with van der Waals surface area (Å²) in [5.74, 6) is -0.101. The zero-order valence-electron chi connectivity index (χ0n) is 17.1. The van der Waals surface area contributed by atoms with E-state index < -0.39 is 6.04 Å². The molecule has 1 aliphatic rings. The first-order chi connectivity index (χ1) is 15.1. The SMILES string of the molecule is O=C1NCCN(C(=O)CCc2ccc(Cl)cc2)C1Cc1cccc(-c2cccnc2)c1. The number of carbonyl (C=O) groups excluding carboxylic acids is 2. The Morgan fingerprint density at radius 3 is 2.65 bits per heavy atom. The molecule has 0 bridgehead atoms. The van der Waals surface area contributed by atoms with Crippen LogP contribution >= 0.6 is 11.6 Å². The van der Waals surface area contributed by atoms with E-state index in [1.165, 1.54) is 0 Å². The van der Waals surface area contributed by atoms with E-state index in [2.05, 4.69) is 16.4 Å².